The maximum absolute atomic E-state index is 12.6. The SMILES string of the molecule is Cc1ccnc(NC(=O)C2CCN(C(C)C(=O)Nc3cccc(C#N)c3)CC2)c1. The summed E-state index contributed by atoms with van der Waals surface area (Å²) >= 11 is 0. The van der Waals surface area contributed by atoms with Gasteiger partial charge in [-0.05, 0) is 75.7 Å². The fourth-order valence-corrected chi connectivity index (χ4v) is 3.46. The zero-order valence-electron chi connectivity index (χ0n) is 16.7. The molecular formula is C22H25N5O2. The van der Waals surface area contributed by atoms with E-state index in [2.05, 4.69) is 26.6 Å². The number of hydrogen-bond acceptors (Lipinski definition) is 5. The molecule has 1 atom stereocenters. The first kappa shape index (κ1) is 20.5. The van der Waals surface area contributed by atoms with E-state index in [1.807, 2.05) is 26.0 Å². The molecule has 1 aromatic heterocycles. The largest absolute Gasteiger partial charge is 0.325 e. The first-order chi connectivity index (χ1) is 14.0. The molecule has 7 heteroatoms. The first-order valence-electron chi connectivity index (χ1n) is 9.75. The van der Waals surface area contributed by atoms with Gasteiger partial charge in [-0.25, -0.2) is 4.98 Å². The lowest BCUT2D eigenvalue weighted by atomic mass is 9.95. The van der Waals surface area contributed by atoms with E-state index in [-0.39, 0.29) is 23.8 Å². The minimum Gasteiger partial charge on any atom is -0.325 e. The van der Waals surface area contributed by atoms with Crippen LogP contribution >= 0.6 is 0 Å². The predicted octanol–water partition coefficient (Wildman–Crippen LogP) is 2.94. The van der Waals surface area contributed by atoms with Crippen molar-refractivity contribution in [3.05, 3.63) is 53.7 Å². The summed E-state index contributed by atoms with van der Waals surface area (Å²) in [5.74, 6) is 0.348. The van der Waals surface area contributed by atoms with Crippen LogP contribution in [0.2, 0.25) is 0 Å². The maximum atomic E-state index is 12.6. The van der Waals surface area contributed by atoms with Gasteiger partial charge in [-0.15, -0.1) is 0 Å². The van der Waals surface area contributed by atoms with E-state index < -0.39 is 0 Å². The molecule has 29 heavy (non-hydrogen) atoms. The molecule has 0 spiro atoms. The van der Waals surface area contributed by atoms with Crippen molar-refractivity contribution in [3.8, 4) is 6.07 Å². The number of amides is 2. The number of nitrogens with one attached hydrogen (secondary N) is 2. The van der Waals surface area contributed by atoms with Crippen molar-refractivity contribution in [3.63, 3.8) is 0 Å². The van der Waals surface area contributed by atoms with Crippen LogP contribution in [-0.4, -0.2) is 40.8 Å². The summed E-state index contributed by atoms with van der Waals surface area (Å²) in [6.45, 7) is 5.16. The molecule has 1 aliphatic rings. The fourth-order valence-electron chi connectivity index (χ4n) is 3.46. The lowest BCUT2D eigenvalue weighted by Gasteiger charge is -2.34. The van der Waals surface area contributed by atoms with E-state index in [1.165, 1.54) is 0 Å². The smallest absolute Gasteiger partial charge is 0.241 e. The van der Waals surface area contributed by atoms with Gasteiger partial charge < -0.3 is 10.6 Å². The van der Waals surface area contributed by atoms with Gasteiger partial charge >= 0.3 is 0 Å². The van der Waals surface area contributed by atoms with Crippen LogP contribution in [0, 0.1) is 24.2 Å². The Balaban J connectivity index is 1.50. The zero-order valence-corrected chi connectivity index (χ0v) is 16.7. The van der Waals surface area contributed by atoms with Crippen molar-refractivity contribution in [1.29, 1.82) is 5.26 Å². The molecule has 2 N–H and O–H groups in total. The van der Waals surface area contributed by atoms with E-state index in [4.69, 9.17) is 5.26 Å². The van der Waals surface area contributed by atoms with Crippen LogP contribution in [-0.2, 0) is 9.59 Å². The quantitative estimate of drug-likeness (QED) is 0.817. The van der Waals surface area contributed by atoms with Crippen LogP contribution in [0.4, 0.5) is 11.5 Å². The average molecular weight is 391 g/mol. The van der Waals surface area contributed by atoms with Crippen LogP contribution < -0.4 is 10.6 Å². The van der Waals surface area contributed by atoms with Crippen molar-refractivity contribution in [1.82, 2.24) is 9.88 Å². The Bertz CT molecular complexity index is 929. The summed E-state index contributed by atoms with van der Waals surface area (Å²) < 4.78 is 0. The number of nitriles is 1. The second-order valence-corrected chi connectivity index (χ2v) is 7.38. The Morgan fingerprint density at radius 1 is 1.21 bits per heavy atom. The lowest BCUT2D eigenvalue weighted by molar-refractivity contribution is -0.123. The molecule has 0 radical (unpaired) electrons. The van der Waals surface area contributed by atoms with Gasteiger partial charge in [0.2, 0.25) is 11.8 Å². The molecule has 2 amide bonds. The summed E-state index contributed by atoms with van der Waals surface area (Å²) in [7, 11) is 0. The monoisotopic (exact) mass is 391 g/mol. The number of benzene rings is 1. The highest BCUT2D eigenvalue weighted by Gasteiger charge is 2.30. The average Bonchev–Trinajstić information content (AvgIpc) is 2.73. The van der Waals surface area contributed by atoms with E-state index in [0.717, 1.165) is 5.56 Å². The highest BCUT2D eigenvalue weighted by molar-refractivity contribution is 5.95. The minimum absolute atomic E-state index is 0.0202. The number of aromatic nitrogens is 1. The maximum Gasteiger partial charge on any atom is 0.241 e. The second kappa shape index (κ2) is 9.30. The third-order valence-corrected chi connectivity index (χ3v) is 5.25. The molecule has 1 aromatic carbocycles. The molecular weight excluding hydrogens is 366 g/mol. The van der Waals surface area contributed by atoms with Gasteiger partial charge in [0.25, 0.3) is 0 Å². The summed E-state index contributed by atoms with van der Waals surface area (Å²) in [4.78, 5) is 31.4. The number of piperidine rings is 1. The van der Waals surface area contributed by atoms with Crippen molar-refractivity contribution in [2.45, 2.75) is 32.7 Å². The first-order valence-corrected chi connectivity index (χ1v) is 9.75. The van der Waals surface area contributed by atoms with Gasteiger partial charge in [0, 0.05) is 17.8 Å². The Kier molecular flexibility index (Phi) is 6.57. The van der Waals surface area contributed by atoms with Gasteiger partial charge in [-0.1, -0.05) is 6.07 Å². The Hall–Kier alpha value is -3.24. The minimum atomic E-state index is -0.316. The van der Waals surface area contributed by atoms with E-state index in [0.29, 0.717) is 43.0 Å². The lowest BCUT2D eigenvalue weighted by Crippen LogP contribution is -2.47. The van der Waals surface area contributed by atoms with E-state index >= 15 is 0 Å². The normalized spacial score (nSPS) is 15.9. The van der Waals surface area contributed by atoms with Gasteiger partial charge in [-0.2, -0.15) is 5.26 Å². The van der Waals surface area contributed by atoms with Gasteiger partial charge in [0.1, 0.15) is 5.82 Å². The molecule has 2 aromatic rings. The van der Waals surface area contributed by atoms with Gasteiger partial charge in [-0.3, -0.25) is 14.5 Å². The van der Waals surface area contributed by atoms with Crippen molar-refractivity contribution in [2.24, 2.45) is 5.92 Å². The number of anilines is 2. The molecule has 0 saturated carbocycles. The number of nitrogens with zero attached hydrogens (tertiary/aromatic N) is 3. The molecule has 3 rings (SSSR count). The molecule has 2 heterocycles. The van der Waals surface area contributed by atoms with Crippen molar-refractivity contribution < 1.29 is 9.59 Å². The van der Waals surface area contributed by atoms with Crippen LogP contribution in [0.3, 0.4) is 0 Å². The summed E-state index contributed by atoms with van der Waals surface area (Å²) in [6, 6.07) is 12.3. The van der Waals surface area contributed by atoms with Crippen LogP contribution in [0.5, 0.6) is 0 Å². The third kappa shape index (κ3) is 5.39. The third-order valence-electron chi connectivity index (χ3n) is 5.25. The Morgan fingerprint density at radius 3 is 2.66 bits per heavy atom. The number of likely N-dealkylation sites (tertiary alicyclic amines) is 1. The number of carbonyl (C=O) groups is 2. The number of aryl methyl sites for hydroxylation is 1. The van der Waals surface area contributed by atoms with Crippen molar-refractivity contribution >= 4 is 23.3 Å². The van der Waals surface area contributed by atoms with E-state index in [1.54, 1.807) is 30.5 Å². The van der Waals surface area contributed by atoms with Crippen LogP contribution in [0.25, 0.3) is 0 Å². The van der Waals surface area contributed by atoms with Crippen molar-refractivity contribution in [2.75, 3.05) is 23.7 Å². The highest BCUT2D eigenvalue weighted by atomic mass is 16.2. The van der Waals surface area contributed by atoms with Crippen LogP contribution in [0.1, 0.15) is 30.9 Å². The molecule has 1 saturated heterocycles. The fraction of sp³-hybridized carbons (Fsp3) is 0.364. The molecule has 1 unspecified atom stereocenters. The standard InChI is InChI=1S/C22H25N5O2/c1-15-6-9-24-20(12-15)26-22(29)18-7-10-27(11-8-18)16(2)21(28)25-19-5-3-4-17(13-19)14-23/h3-6,9,12-13,16,18H,7-8,10-11H2,1-2H3,(H,25,28)(H,24,26,29). The molecule has 0 aliphatic carbocycles. The molecule has 150 valence electrons. The summed E-state index contributed by atoms with van der Waals surface area (Å²) in [5.41, 5.74) is 2.16. The zero-order chi connectivity index (χ0) is 20.8. The number of rotatable bonds is 5. The second-order valence-electron chi connectivity index (χ2n) is 7.38. The highest BCUT2D eigenvalue weighted by Crippen LogP contribution is 2.21. The number of hydrogen-bond donors (Lipinski definition) is 2. The van der Waals surface area contributed by atoms with Gasteiger partial charge in [0.05, 0.1) is 17.7 Å². The van der Waals surface area contributed by atoms with Gasteiger partial charge in [0.15, 0.2) is 0 Å². The number of carbonyl (C=O) groups excluding carboxylic acids is 2. The van der Waals surface area contributed by atoms with E-state index in [9.17, 15) is 9.59 Å². The molecule has 1 fully saturated rings. The Morgan fingerprint density at radius 2 is 1.97 bits per heavy atom. The molecule has 0 bridgehead atoms. The topological polar surface area (TPSA) is 98.1 Å². The molecule has 1 aliphatic heterocycles. The summed E-state index contributed by atoms with van der Waals surface area (Å²) in [6.07, 6.45) is 3.07. The Labute approximate surface area is 170 Å². The van der Waals surface area contributed by atoms with Crippen LogP contribution in [0.15, 0.2) is 42.6 Å². The predicted molar refractivity (Wildman–Crippen MR) is 111 cm³/mol. The summed E-state index contributed by atoms with van der Waals surface area (Å²) in [5, 5.41) is 14.7. The number of pyridine rings is 1. The molecule has 7 nitrogen and oxygen atoms in total.